The number of hydrogen-bond donors (Lipinski definition) is 0. The predicted molar refractivity (Wildman–Crippen MR) is 73.7 cm³/mol. The summed E-state index contributed by atoms with van der Waals surface area (Å²) in [6.07, 6.45) is 5.12. The number of halogens is 1. The zero-order valence-electron chi connectivity index (χ0n) is 10.9. The molecule has 7 nitrogen and oxygen atoms in total. The Kier molecular flexibility index (Phi) is 3.51. The molecule has 3 heterocycles. The quantitative estimate of drug-likeness (QED) is 0.666. The Bertz CT molecular complexity index is 708. The van der Waals surface area contributed by atoms with Crippen molar-refractivity contribution in [3.05, 3.63) is 30.6 Å². The van der Waals surface area contributed by atoms with E-state index in [1.807, 2.05) is 21.5 Å². The number of aromatic nitrogens is 6. The summed E-state index contributed by atoms with van der Waals surface area (Å²) in [6, 6.07) is 1.89. The third-order valence-corrected chi connectivity index (χ3v) is 3.24. The summed E-state index contributed by atoms with van der Waals surface area (Å²) in [5.41, 5.74) is 1.35. The molecule has 0 saturated carbocycles. The average Bonchev–Trinajstić information content (AvgIpc) is 3.11. The molecule has 0 aliphatic rings. The van der Waals surface area contributed by atoms with Gasteiger partial charge in [-0.25, -0.2) is 9.97 Å². The van der Waals surface area contributed by atoms with Crippen LogP contribution in [-0.2, 0) is 19.0 Å². The number of fused-ring (bicyclic) bond motifs is 1. The number of nitrogens with zero attached hydrogens (tertiary/aromatic N) is 6. The second-order valence-corrected chi connectivity index (χ2v) is 4.40. The molecule has 0 bridgehead atoms. The third kappa shape index (κ3) is 2.20. The number of methoxy groups -OCH3 is 1. The summed E-state index contributed by atoms with van der Waals surface area (Å²) in [5.74, 6) is 1.50. The van der Waals surface area contributed by atoms with Crippen molar-refractivity contribution in [1.82, 2.24) is 29.3 Å². The van der Waals surface area contributed by atoms with E-state index >= 15 is 0 Å². The molecule has 0 spiro atoms. The van der Waals surface area contributed by atoms with Crippen LogP contribution in [-0.4, -0.2) is 36.4 Å². The van der Waals surface area contributed by atoms with Crippen LogP contribution >= 0.6 is 11.6 Å². The van der Waals surface area contributed by atoms with Crippen molar-refractivity contribution in [1.29, 1.82) is 0 Å². The van der Waals surface area contributed by atoms with Crippen molar-refractivity contribution in [3.8, 4) is 5.88 Å². The molecule has 0 aromatic carbocycles. The van der Waals surface area contributed by atoms with Crippen LogP contribution in [0.2, 0.25) is 0 Å². The van der Waals surface area contributed by atoms with E-state index in [1.54, 1.807) is 13.3 Å². The number of rotatable bonds is 5. The average molecular weight is 293 g/mol. The Labute approximate surface area is 120 Å². The zero-order chi connectivity index (χ0) is 13.9. The molecule has 0 aliphatic heterocycles. The second-order valence-electron chi connectivity index (χ2n) is 4.14. The molecule has 0 fully saturated rings. The third-order valence-electron chi connectivity index (χ3n) is 3.00. The van der Waals surface area contributed by atoms with Crippen molar-refractivity contribution in [2.24, 2.45) is 0 Å². The fraction of sp³-hybridized carbons (Fsp3) is 0.333. The van der Waals surface area contributed by atoms with Gasteiger partial charge in [0.15, 0.2) is 11.2 Å². The van der Waals surface area contributed by atoms with Crippen molar-refractivity contribution in [2.75, 3.05) is 7.11 Å². The Morgan fingerprint density at radius 1 is 1.30 bits per heavy atom. The Morgan fingerprint density at radius 2 is 2.20 bits per heavy atom. The summed E-state index contributed by atoms with van der Waals surface area (Å²) in [5, 5.41) is 4.18. The molecule has 0 saturated heterocycles. The second kappa shape index (κ2) is 5.46. The molecule has 8 heteroatoms. The Morgan fingerprint density at radius 3 is 2.90 bits per heavy atom. The van der Waals surface area contributed by atoms with Gasteiger partial charge in [-0.1, -0.05) is 0 Å². The van der Waals surface area contributed by atoms with Crippen molar-refractivity contribution in [2.45, 2.75) is 19.0 Å². The van der Waals surface area contributed by atoms with E-state index in [0.29, 0.717) is 30.4 Å². The van der Waals surface area contributed by atoms with E-state index < -0.39 is 0 Å². The molecule has 3 aromatic heterocycles. The van der Waals surface area contributed by atoms with Gasteiger partial charge in [-0.2, -0.15) is 10.1 Å². The summed E-state index contributed by atoms with van der Waals surface area (Å²) in [4.78, 5) is 12.8. The molecular formula is C12H13ClN6O. The van der Waals surface area contributed by atoms with Crippen LogP contribution in [0.4, 0.5) is 0 Å². The molecule has 0 unspecified atom stereocenters. The van der Waals surface area contributed by atoms with E-state index in [-0.39, 0.29) is 0 Å². The van der Waals surface area contributed by atoms with Crippen molar-refractivity contribution in [3.63, 3.8) is 0 Å². The first-order valence-corrected chi connectivity index (χ1v) is 6.64. The topological polar surface area (TPSA) is 70.7 Å². The largest absolute Gasteiger partial charge is 0.479 e. The first kappa shape index (κ1) is 12.9. The van der Waals surface area contributed by atoms with Crippen molar-refractivity contribution >= 4 is 22.8 Å². The van der Waals surface area contributed by atoms with Crippen molar-refractivity contribution < 1.29 is 4.74 Å². The van der Waals surface area contributed by atoms with E-state index in [9.17, 15) is 0 Å². The van der Waals surface area contributed by atoms with Gasteiger partial charge in [0.25, 0.3) is 0 Å². The van der Waals surface area contributed by atoms with Gasteiger partial charge in [-0.05, 0) is 6.07 Å². The minimum Gasteiger partial charge on any atom is -0.479 e. The predicted octanol–water partition coefficient (Wildman–Crippen LogP) is 1.47. The fourth-order valence-electron chi connectivity index (χ4n) is 2.08. The van der Waals surface area contributed by atoms with E-state index in [4.69, 9.17) is 16.3 Å². The lowest BCUT2D eigenvalue weighted by atomic mass is 10.5. The van der Waals surface area contributed by atoms with Gasteiger partial charge in [-0.3, -0.25) is 4.68 Å². The van der Waals surface area contributed by atoms with Gasteiger partial charge in [0.2, 0.25) is 5.88 Å². The highest BCUT2D eigenvalue weighted by Crippen LogP contribution is 2.22. The summed E-state index contributed by atoms with van der Waals surface area (Å²) >= 11 is 5.96. The van der Waals surface area contributed by atoms with Crippen LogP contribution in [0.15, 0.2) is 24.8 Å². The number of ether oxygens (including phenoxy) is 1. The van der Waals surface area contributed by atoms with Gasteiger partial charge in [0.1, 0.15) is 12.2 Å². The van der Waals surface area contributed by atoms with Gasteiger partial charge < -0.3 is 9.30 Å². The molecule has 3 aromatic rings. The lowest BCUT2D eigenvalue weighted by Gasteiger charge is -2.07. The highest BCUT2D eigenvalue weighted by atomic mass is 35.5. The minimum absolute atomic E-state index is 0.304. The Balaban J connectivity index is 1.99. The standard InChI is InChI=1S/C12H13ClN6O/c1-20-12-10-11(14-8-15-12)19(9(7-13)17-10)6-5-18-4-2-3-16-18/h2-4,8H,5-7H2,1H3. The van der Waals surface area contributed by atoms with E-state index in [2.05, 4.69) is 20.1 Å². The molecule has 3 rings (SSSR count). The van der Waals surface area contributed by atoms with Gasteiger partial charge in [0, 0.05) is 18.9 Å². The molecule has 0 N–H and O–H groups in total. The number of hydrogen-bond acceptors (Lipinski definition) is 5. The van der Waals surface area contributed by atoms with Crippen LogP contribution < -0.4 is 4.74 Å². The monoisotopic (exact) mass is 292 g/mol. The van der Waals surface area contributed by atoms with E-state index in [1.165, 1.54) is 6.33 Å². The first-order valence-electron chi connectivity index (χ1n) is 6.11. The van der Waals surface area contributed by atoms with Gasteiger partial charge in [0.05, 0.1) is 19.5 Å². The number of alkyl halides is 1. The zero-order valence-corrected chi connectivity index (χ0v) is 11.7. The number of imidazole rings is 1. The maximum absolute atomic E-state index is 5.96. The first-order chi connectivity index (χ1) is 9.83. The molecule has 0 radical (unpaired) electrons. The molecule has 0 atom stereocenters. The summed E-state index contributed by atoms with van der Waals surface area (Å²) in [7, 11) is 1.56. The molecule has 104 valence electrons. The molecule has 0 aliphatic carbocycles. The Hall–Kier alpha value is -2.15. The van der Waals surface area contributed by atoms with Gasteiger partial charge in [-0.15, -0.1) is 11.6 Å². The highest BCUT2D eigenvalue weighted by Gasteiger charge is 2.15. The molecule has 20 heavy (non-hydrogen) atoms. The summed E-state index contributed by atoms with van der Waals surface area (Å²) < 4.78 is 9.02. The highest BCUT2D eigenvalue weighted by molar-refractivity contribution is 6.16. The van der Waals surface area contributed by atoms with Crippen LogP contribution in [0.3, 0.4) is 0 Å². The van der Waals surface area contributed by atoms with Crippen LogP contribution in [0.1, 0.15) is 5.82 Å². The van der Waals surface area contributed by atoms with Crippen LogP contribution in [0.25, 0.3) is 11.2 Å². The van der Waals surface area contributed by atoms with Gasteiger partial charge >= 0.3 is 0 Å². The molecule has 0 amide bonds. The maximum atomic E-state index is 5.96. The lowest BCUT2D eigenvalue weighted by Crippen LogP contribution is -2.10. The normalized spacial score (nSPS) is 11.1. The summed E-state index contributed by atoms with van der Waals surface area (Å²) in [6.45, 7) is 1.40. The van der Waals surface area contributed by atoms with Crippen LogP contribution in [0, 0.1) is 0 Å². The minimum atomic E-state index is 0.304. The lowest BCUT2D eigenvalue weighted by molar-refractivity contribution is 0.401. The fourth-order valence-corrected chi connectivity index (χ4v) is 2.29. The molecular weight excluding hydrogens is 280 g/mol. The van der Waals surface area contributed by atoms with E-state index in [0.717, 1.165) is 11.5 Å². The van der Waals surface area contributed by atoms with Crippen LogP contribution in [0.5, 0.6) is 5.88 Å². The maximum Gasteiger partial charge on any atom is 0.245 e. The smallest absolute Gasteiger partial charge is 0.245 e. The SMILES string of the molecule is COc1ncnc2c1nc(CCl)n2CCn1cccn1. The number of aryl methyl sites for hydroxylation is 2.